The molecule has 0 aromatic heterocycles. The number of hydrogen-bond donors (Lipinski definition) is 3. The van der Waals surface area contributed by atoms with Gasteiger partial charge in [0.15, 0.2) is 5.96 Å². The van der Waals surface area contributed by atoms with Crippen LogP contribution in [0.2, 0.25) is 0 Å². The van der Waals surface area contributed by atoms with Gasteiger partial charge in [0.05, 0.1) is 0 Å². The molecule has 0 atom stereocenters. The maximum atomic E-state index is 11.7. The second-order valence-electron chi connectivity index (χ2n) is 4.78. The third-order valence-corrected chi connectivity index (χ3v) is 3.01. The maximum Gasteiger partial charge on any atom is 0.251 e. The van der Waals surface area contributed by atoms with Crippen LogP contribution in [0.25, 0.3) is 0 Å². The molecule has 0 saturated heterocycles. The van der Waals surface area contributed by atoms with Crippen molar-refractivity contribution < 1.29 is 4.79 Å². The van der Waals surface area contributed by atoms with Gasteiger partial charge < -0.3 is 16.0 Å². The van der Waals surface area contributed by atoms with Crippen molar-refractivity contribution in [1.82, 2.24) is 10.6 Å². The molecule has 0 radical (unpaired) electrons. The van der Waals surface area contributed by atoms with Crippen LogP contribution >= 0.6 is 15.9 Å². The van der Waals surface area contributed by atoms with E-state index in [1.807, 2.05) is 6.07 Å². The van der Waals surface area contributed by atoms with E-state index in [2.05, 4.69) is 50.7 Å². The minimum atomic E-state index is -0.125. The first kappa shape index (κ1) is 16.5. The Morgan fingerprint density at radius 1 is 1.35 bits per heavy atom. The summed E-state index contributed by atoms with van der Waals surface area (Å²) in [6.07, 6.45) is 0. The van der Waals surface area contributed by atoms with Crippen molar-refractivity contribution >= 4 is 33.5 Å². The topological polar surface area (TPSA) is 65.5 Å². The summed E-state index contributed by atoms with van der Waals surface area (Å²) in [4.78, 5) is 15.8. The van der Waals surface area contributed by atoms with Crippen molar-refractivity contribution in [2.24, 2.45) is 10.9 Å². The van der Waals surface area contributed by atoms with Gasteiger partial charge in [0.25, 0.3) is 5.91 Å². The van der Waals surface area contributed by atoms with Crippen LogP contribution in [0.4, 0.5) is 5.69 Å². The Balaban J connectivity index is 2.85. The Morgan fingerprint density at radius 2 is 2.05 bits per heavy atom. The lowest BCUT2D eigenvalue weighted by molar-refractivity contribution is 0.0963. The highest BCUT2D eigenvalue weighted by Gasteiger charge is 2.07. The molecular formula is C14H21BrN4O. The van der Waals surface area contributed by atoms with Gasteiger partial charge in [-0.15, -0.1) is 0 Å². The number of amides is 1. The molecule has 3 N–H and O–H groups in total. The zero-order valence-electron chi connectivity index (χ0n) is 12.2. The lowest BCUT2D eigenvalue weighted by Gasteiger charge is -2.14. The van der Waals surface area contributed by atoms with Crippen LogP contribution in [-0.4, -0.2) is 32.5 Å². The van der Waals surface area contributed by atoms with E-state index in [9.17, 15) is 4.79 Å². The van der Waals surface area contributed by atoms with E-state index in [0.29, 0.717) is 17.4 Å². The highest BCUT2D eigenvalue weighted by molar-refractivity contribution is 9.10. The Morgan fingerprint density at radius 3 is 2.60 bits per heavy atom. The summed E-state index contributed by atoms with van der Waals surface area (Å²) < 4.78 is 0.834. The normalized spacial score (nSPS) is 11.4. The number of hydrogen-bond acceptors (Lipinski definition) is 2. The van der Waals surface area contributed by atoms with Crippen molar-refractivity contribution in [3.63, 3.8) is 0 Å². The van der Waals surface area contributed by atoms with Crippen molar-refractivity contribution in [1.29, 1.82) is 0 Å². The van der Waals surface area contributed by atoms with Gasteiger partial charge in [-0.2, -0.15) is 0 Å². The Hall–Kier alpha value is -1.56. The van der Waals surface area contributed by atoms with E-state index in [4.69, 9.17) is 0 Å². The zero-order chi connectivity index (χ0) is 15.1. The van der Waals surface area contributed by atoms with Crippen LogP contribution in [0.5, 0.6) is 0 Å². The number of nitrogens with one attached hydrogen (secondary N) is 3. The summed E-state index contributed by atoms with van der Waals surface area (Å²) in [6.45, 7) is 5.09. The fourth-order valence-corrected chi connectivity index (χ4v) is 2.05. The van der Waals surface area contributed by atoms with Crippen LogP contribution in [0, 0.1) is 5.92 Å². The molecule has 6 heteroatoms. The summed E-state index contributed by atoms with van der Waals surface area (Å²) in [5, 5.41) is 9.01. The van der Waals surface area contributed by atoms with Gasteiger partial charge in [-0.1, -0.05) is 29.8 Å². The van der Waals surface area contributed by atoms with E-state index in [1.165, 1.54) is 0 Å². The standard InChI is InChI=1S/C14H21BrN4O/c1-9(2)8-18-14(17-4)19-12-6-10(13(20)16-3)5-11(15)7-12/h5-7,9H,8H2,1-4H3,(H,16,20)(H2,17,18,19). The van der Waals surface area contributed by atoms with E-state index in [0.717, 1.165) is 16.7 Å². The number of nitrogens with zero attached hydrogens (tertiary/aromatic N) is 1. The molecule has 1 rings (SSSR count). The monoisotopic (exact) mass is 340 g/mol. The fourth-order valence-electron chi connectivity index (χ4n) is 1.55. The highest BCUT2D eigenvalue weighted by atomic mass is 79.9. The van der Waals surface area contributed by atoms with Gasteiger partial charge >= 0.3 is 0 Å². The Bertz CT molecular complexity index is 500. The molecule has 20 heavy (non-hydrogen) atoms. The summed E-state index contributed by atoms with van der Waals surface area (Å²) >= 11 is 3.40. The molecule has 0 aliphatic rings. The van der Waals surface area contributed by atoms with Gasteiger partial charge in [0.1, 0.15) is 0 Å². The molecule has 0 fully saturated rings. The second kappa shape index (κ2) is 7.89. The Kier molecular flexibility index (Phi) is 6.51. The summed E-state index contributed by atoms with van der Waals surface area (Å²) in [5.74, 6) is 1.08. The van der Waals surface area contributed by atoms with Crippen LogP contribution < -0.4 is 16.0 Å². The molecule has 1 aromatic rings. The Labute approximate surface area is 128 Å². The molecule has 0 bridgehead atoms. The molecule has 110 valence electrons. The number of halogens is 1. The maximum absolute atomic E-state index is 11.7. The third-order valence-electron chi connectivity index (χ3n) is 2.55. The summed E-state index contributed by atoms with van der Waals surface area (Å²) in [7, 11) is 3.33. The number of anilines is 1. The number of carbonyl (C=O) groups is 1. The smallest absolute Gasteiger partial charge is 0.251 e. The average molecular weight is 341 g/mol. The molecular weight excluding hydrogens is 320 g/mol. The first-order valence-corrected chi connectivity index (χ1v) is 7.26. The largest absolute Gasteiger partial charge is 0.356 e. The number of benzene rings is 1. The first-order chi connectivity index (χ1) is 9.46. The fraction of sp³-hybridized carbons (Fsp3) is 0.429. The summed E-state index contributed by atoms with van der Waals surface area (Å²) in [5.41, 5.74) is 1.39. The van der Waals surface area contributed by atoms with Gasteiger partial charge in [-0.05, 0) is 24.1 Å². The predicted molar refractivity (Wildman–Crippen MR) is 87.4 cm³/mol. The number of rotatable bonds is 4. The zero-order valence-corrected chi connectivity index (χ0v) is 13.8. The van der Waals surface area contributed by atoms with E-state index >= 15 is 0 Å². The van der Waals surface area contributed by atoms with E-state index in [-0.39, 0.29) is 5.91 Å². The highest BCUT2D eigenvalue weighted by Crippen LogP contribution is 2.19. The lowest BCUT2D eigenvalue weighted by atomic mass is 10.2. The quantitative estimate of drug-likeness (QED) is 0.582. The molecule has 0 aliphatic carbocycles. The van der Waals surface area contributed by atoms with E-state index in [1.54, 1.807) is 26.2 Å². The van der Waals surface area contributed by atoms with E-state index < -0.39 is 0 Å². The van der Waals surface area contributed by atoms with Crippen molar-refractivity contribution in [3.05, 3.63) is 28.2 Å². The number of carbonyl (C=O) groups excluding carboxylic acids is 1. The van der Waals surface area contributed by atoms with Gasteiger partial charge in [0.2, 0.25) is 0 Å². The van der Waals surface area contributed by atoms with Crippen LogP contribution in [0.1, 0.15) is 24.2 Å². The van der Waals surface area contributed by atoms with Crippen molar-refractivity contribution in [3.8, 4) is 0 Å². The van der Waals surface area contributed by atoms with Crippen molar-refractivity contribution in [2.45, 2.75) is 13.8 Å². The lowest BCUT2D eigenvalue weighted by Crippen LogP contribution is -2.33. The van der Waals surface area contributed by atoms with Crippen LogP contribution in [0.3, 0.4) is 0 Å². The molecule has 1 amide bonds. The molecule has 0 heterocycles. The number of aliphatic imine (C=N–C) groups is 1. The average Bonchev–Trinajstić information content (AvgIpc) is 2.41. The molecule has 0 spiro atoms. The molecule has 1 aromatic carbocycles. The summed E-state index contributed by atoms with van der Waals surface area (Å²) in [6, 6.07) is 5.45. The molecule has 0 aliphatic heterocycles. The van der Waals surface area contributed by atoms with Gasteiger partial charge in [0, 0.05) is 36.4 Å². The minimum Gasteiger partial charge on any atom is -0.356 e. The minimum absolute atomic E-state index is 0.125. The third kappa shape index (κ3) is 5.21. The van der Waals surface area contributed by atoms with Gasteiger partial charge in [-0.3, -0.25) is 9.79 Å². The molecule has 5 nitrogen and oxygen atoms in total. The van der Waals surface area contributed by atoms with Crippen LogP contribution in [0.15, 0.2) is 27.7 Å². The second-order valence-corrected chi connectivity index (χ2v) is 5.70. The molecule has 0 unspecified atom stereocenters. The number of guanidine groups is 1. The molecule has 0 saturated carbocycles. The van der Waals surface area contributed by atoms with Crippen molar-refractivity contribution in [2.75, 3.05) is 26.0 Å². The predicted octanol–water partition coefficient (Wildman–Crippen LogP) is 2.45. The van der Waals surface area contributed by atoms with Gasteiger partial charge in [-0.25, -0.2) is 0 Å². The first-order valence-electron chi connectivity index (χ1n) is 6.46. The van der Waals surface area contributed by atoms with Crippen LogP contribution in [-0.2, 0) is 0 Å². The SMILES string of the molecule is CN=C(NCC(C)C)Nc1cc(Br)cc(C(=O)NC)c1.